The fraction of sp³-hybridized carbons (Fsp3) is 0.455. The molecule has 84 valence electrons. The van der Waals surface area contributed by atoms with Crippen LogP contribution in [0.15, 0.2) is 18.2 Å². The van der Waals surface area contributed by atoms with Gasteiger partial charge in [-0.25, -0.2) is 4.39 Å². The molecule has 1 atom stereocenters. The Morgan fingerprint density at radius 3 is 2.87 bits per heavy atom. The van der Waals surface area contributed by atoms with Crippen molar-refractivity contribution in [3.63, 3.8) is 0 Å². The second kappa shape index (κ2) is 6.05. The third-order valence-corrected chi connectivity index (χ3v) is 2.39. The summed E-state index contributed by atoms with van der Waals surface area (Å²) in [4.78, 5) is 0. The van der Waals surface area contributed by atoms with E-state index in [1.165, 1.54) is 6.07 Å². The Hall–Kier alpha value is -0.640. The van der Waals surface area contributed by atoms with Crippen molar-refractivity contribution in [3.05, 3.63) is 34.6 Å². The van der Waals surface area contributed by atoms with Crippen LogP contribution in [0.4, 0.5) is 4.39 Å². The molecule has 0 amide bonds. The summed E-state index contributed by atoms with van der Waals surface area (Å²) in [5, 5.41) is 6.82. The summed E-state index contributed by atoms with van der Waals surface area (Å²) in [6.07, 6.45) is 0. The Balaban J connectivity index is 2.53. The summed E-state index contributed by atoms with van der Waals surface area (Å²) in [5.41, 5.74) is 0.602. The van der Waals surface area contributed by atoms with E-state index in [1.807, 2.05) is 14.0 Å². The van der Waals surface area contributed by atoms with Crippen molar-refractivity contribution in [1.82, 2.24) is 10.6 Å². The highest BCUT2D eigenvalue weighted by molar-refractivity contribution is 6.30. The predicted molar refractivity (Wildman–Crippen MR) is 61.6 cm³/mol. The standard InChI is InChI=1S/C11H16ClFN2/c1-8(6-14-2)15-7-9-5-10(12)3-4-11(9)13/h3-5,8,14-15H,6-7H2,1-2H3. The molecule has 0 bridgehead atoms. The van der Waals surface area contributed by atoms with Gasteiger partial charge in [-0.1, -0.05) is 11.6 Å². The number of rotatable bonds is 5. The molecule has 1 aromatic carbocycles. The lowest BCUT2D eigenvalue weighted by atomic mass is 10.2. The lowest BCUT2D eigenvalue weighted by Crippen LogP contribution is -2.34. The van der Waals surface area contributed by atoms with E-state index in [4.69, 9.17) is 11.6 Å². The number of nitrogens with one attached hydrogen (secondary N) is 2. The van der Waals surface area contributed by atoms with Crippen molar-refractivity contribution in [2.45, 2.75) is 19.5 Å². The molecule has 0 aromatic heterocycles. The molecule has 0 aliphatic rings. The fourth-order valence-corrected chi connectivity index (χ4v) is 1.54. The Bertz CT molecular complexity index is 317. The van der Waals surface area contributed by atoms with Crippen LogP contribution in [0.5, 0.6) is 0 Å². The predicted octanol–water partition coefficient (Wildman–Crippen LogP) is 2.18. The minimum Gasteiger partial charge on any atom is -0.318 e. The zero-order chi connectivity index (χ0) is 11.3. The first-order chi connectivity index (χ1) is 7.13. The van der Waals surface area contributed by atoms with Crippen LogP contribution in [0.25, 0.3) is 0 Å². The van der Waals surface area contributed by atoms with Gasteiger partial charge in [-0.15, -0.1) is 0 Å². The minimum absolute atomic E-state index is 0.219. The van der Waals surface area contributed by atoms with E-state index in [2.05, 4.69) is 10.6 Å². The van der Waals surface area contributed by atoms with Gasteiger partial charge in [0.05, 0.1) is 0 Å². The summed E-state index contributed by atoms with van der Waals surface area (Å²) in [6.45, 7) is 3.39. The molecule has 2 N–H and O–H groups in total. The topological polar surface area (TPSA) is 24.1 Å². The quantitative estimate of drug-likeness (QED) is 0.810. The van der Waals surface area contributed by atoms with Gasteiger partial charge < -0.3 is 10.6 Å². The highest BCUT2D eigenvalue weighted by Gasteiger charge is 2.04. The second-order valence-electron chi connectivity index (χ2n) is 3.58. The third kappa shape index (κ3) is 4.16. The summed E-state index contributed by atoms with van der Waals surface area (Å²) in [5.74, 6) is -0.219. The number of hydrogen-bond acceptors (Lipinski definition) is 2. The van der Waals surface area contributed by atoms with Crippen molar-refractivity contribution < 1.29 is 4.39 Å². The fourth-order valence-electron chi connectivity index (χ4n) is 1.34. The van der Waals surface area contributed by atoms with Crippen molar-refractivity contribution in [2.75, 3.05) is 13.6 Å². The zero-order valence-electron chi connectivity index (χ0n) is 8.98. The number of halogens is 2. The van der Waals surface area contributed by atoms with Gasteiger partial charge in [0.1, 0.15) is 5.82 Å². The van der Waals surface area contributed by atoms with E-state index in [-0.39, 0.29) is 5.82 Å². The van der Waals surface area contributed by atoms with Crippen molar-refractivity contribution in [2.24, 2.45) is 0 Å². The normalized spacial score (nSPS) is 12.8. The zero-order valence-corrected chi connectivity index (χ0v) is 9.74. The van der Waals surface area contributed by atoms with Gasteiger partial charge in [-0.05, 0) is 32.2 Å². The van der Waals surface area contributed by atoms with Gasteiger partial charge in [0.2, 0.25) is 0 Å². The average Bonchev–Trinajstić information content (AvgIpc) is 2.20. The molecule has 0 radical (unpaired) electrons. The van der Waals surface area contributed by atoms with Gasteiger partial charge >= 0.3 is 0 Å². The molecule has 1 aromatic rings. The summed E-state index contributed by atoms with van der Waals surface area (Å²) >= 11 is 5.79. The Kier molecular flexibility index (Phi) is 5.02. The van der Waals surface area contributed by atoms with Crippen molar-refractivity contribution >= 4 is 11.6 Å². The van der Waals surface area contributed by atoms with Crippen LogP contribution in [-0.2, 0) is 6.54 Å². The number of benzene rings is 1. The summed E-state index contributed by atoms with van der Waals surface area (Å²) in [7, 11) is 1.89. The van der Waals surface area contributed by atoms with Crippen LogP contribution in [-0.4, -0.2) is 19.6 Å². The molecule has 0 fully saturated rings. The first-order valence-electron chi connectivity index (χ1n) is 4.95. The molecule has 15 heavy (non-hydrogen) atoms. The van der Waals surface area contributed by atoms with Gasteiger partial charge in [0, 0.05) is 29.7 Å². The van der Waals surface area contributed by atoms with Crippen LogP contribution in [0.2, 0.25) is 5.02 Å². The molecule has 0 saturated heterocycles. The van der Waals surface area contributed by atoms with E-state index >= 15 is 0 Å². The number of hydrogen-bond donors (Lipinski definition) is 2. The summed E-state index contributed by atoms with van der Waals surface area (Å²) in [6, 6.07) is 4.89. The highest BCUT2D eigenvalue weighted by Crippen LogP contribution is 2.14. The maximum Gasteiger partial charge on any atom is 0.127 e. The van der Waals surface area contributed by atoms with E-state index in [9.17, 15) is 4.39 Å². The molecule has 1 unspecified atom stereocenters. The van der Waals surface area contributed by atoms with Gasteiger partial charge in [0.25, 0.3) is 0 Å². The maximum atomic E-state index is 13.3. The van der Waals surface area contributed by atoms with Crippen LogP contribution in [0.1, 0.15) is 12.5 Å². The molecule has 0 saturated carbocycles. The van der Waals surface area contributed by atoms with E-state index in [0.29, 0.717) is 23.2 Å². The van der Waals surface area contributed by atoms with Crippen LogP contribution < -0.4 is 10.6 Å². The molecule has 0 spiro atoms. The van der Waals surface area contributed by atoms with E-state index in [1.54, 1.807) is 12.1 Å². The van der Waals surface area contributed by atoms with Crippen LogP contribution >= 0.6 is 11.6 Å². The average molecular weight is 231 g/mol. The van der Waals surface area contributed by atoms with Crippen LogP contribution in [0.3, 0.4) is 0 Å². The smallest absolute Gasteiger partial charge is 0.127 e. The number of likely N-dealkylation sites (N-methyl/N-ethyl adjacent to an activating group) is 1. The molecule has 0 aliphatic carbocycles. The molecule has 0 aliphatic heterocycles. The van der Waals surface area contributed by atoms with Crippen molar-refractivity contribution in [3.8, 4) is 0 Å². The van der Waals surface area contributed by atoms with Gasteiger partial charge in [-0.2, -0.15) is 0 Å². The first-order valence-corrected chi connectivity index (χ1v) is 5.33. The SMILES string of the molecule is CNCC(C)NCc1cc(Cl)ccc1F. The summed E-state index contributed by atoms with van der Waals surface area (Å²) < 4.78 is 13.3. The van der Waals surface area contributed by atoms with E-state index in [0.717, 1.165) is 6.54 Å². The molecular weight excluding hydrogens is 215 g/mol. The molecule has 1 rings (SSSR count). The maximum absolute atomic E-state index is 13.3. The lowest BCUT2D eigenvalue weighted by molar-refractivity contribution is 0.509. The third-order valence-electron chi connectivity index (χ3n) is 2.16. The molecule has 4 heteroatoms. The minimum atomic E-state index is -0.219. The Labute approximate surface area is 94.8 Å². The highest BCUT2D eigenvalue weighted by atomic mass is 35.5. The first kappa shape index (κ1) is 12.4. The monoisotopic (exact) mass is 230 g/mol. The van der Waals surface area contributed by atoms with Crippen LogP contribution in [0, 0.1) is 5.82 Å². The van der Waals surface area contributed by atoms with Gasteiger partial charge in [-0.3, -0.25) is 0 Å². The van der Waals surface area contributed by atoms with E-state index < -0.39 is 0 Å². The molecule has 2 nitrogen and oxygen atoms in total. The largest absolute Gasteiger partial charge is 0.318 e. The lowest BCUT2D eigenvalue weighted by Gasteiger charge is -2.13. The Morgan fingerprint density at radius 2 is 2.20 bits per heavy atom. The second-order valence-corrected chi connectivity index (χ2v) is 4.01. The van der Waals surface area contributed by atoms with Crippen molar-refractivity contribution in [1.29, 1.82) is 0 Å². The van der Waals surface area contributed by atoms with Gasteiger partial charge in [0.15, 0.2) is 0 Å². The molecular formula is C11H16ClFN2. The molecule has 0 heterocycles. The Morgan fingerprint density at radius 1 is 1.47 bits per heavy atom.